The largest absolute Gasteiger partial charge is 0.493 e. The lowest BCUT2D eigenvalue weighted by Crippen LogP contribution is -2.15. The van der Waals surface area contributed by atoms with Gasteiger partial charge in [0.2, 0.25) is 0 Å². The highest BCUT2D eigenvalue weighted by molar-refractivity contribution is 5.78. The minimum Gasteiger partial charge on any atom is -0.493 e. The number of hydrogen-bond donors (Lipinski definition) is 1. The van der Waals surface area contributed by atoms with Crippen molar-refractivity contribution in [1.29, 1.82) is 0 Å². The molecule has 3 nitrogen and oxygen atoms in total. The molecule has 1 fully saturated rings. The Balaban J connectivity index is 1.94. The monoisotopic (exact) mass is 384 g/mol. The second-order valence-corrected chi connectivity index (χ2v) is 8.04. The molecule has 2 unspecified atom stereocenters. The van der Waals surface area contributed by atoms with Gasteiger partial charge in [-0.3, -0.25) is 4.79 Å². The summed E-state index contributed by atoms with van der Waals surface area (Å²) in [6.07, 6.45) is 5.00. The Bertz CT molecular complexity index is 813. The van der Waals surface area contributed by atoms with Gasteiger partial charge in [0.25, 0.3) is 0 Å². The van der Waals surface area contributed by atoms with Crippen molar-refractivity contribution in [1.82, 2.24) is 0 Å². The van der Waals surface area contributed by atoms with E-state index >= 15 is 0 Å². The Hall–Kier alpha value is -2.36. The van der Waals surface area contributed by atoms with E-state index in [9.17, 15) is 14.3 Å². The maximum Gasteiger partial charge on any atom is 0.310 e. The molecule has 1 aliphatic carbocycles. The maximum atomic E-state index is 13.8. The molecule has 2 aromatic rings. The smallest absolute Gasteiger partial charge is 0.310 e. The molecular weight excluding hydrogens is 355 g/mol. The standard InChI is InChI=1S/C24H29FO3/c1-3-5-16(2)12-22(24(26)27)19-10-11-23(28-15-17-8-9-17)21(14-19)18-6-4-7-20(25)13-18/h4,6-7,10-11,13-14,16-17,22H,3,5,8-9,12,15H2,1-2H3,(H,26,27). The van der Waals surface area contributed by atoms with Crippen molar-refractivity contribution >= 4 is 5.97 Å². The van der Waals surface area contributed by atoms with Crippen LogP contribution in [-0.2, 0) is 4.79 Å². The molecule has 0 bridgehead atoms. The van der Waals surface area contributed by atoms with Crippen LogP contribution in [0.3, 0.4) is 0 Å². The topological polar surface area (TPSA) is 46.5 Å². The van der Waals surface area contributed by atoms with E-state index in [1.165, 1.54) is 25.0 Å². The van der Waals surface area contributed by atoms with Crippen molar-refractivity contribution in [3.8, 4) is 16.9 Å². The van der Waals surface area contributed by atoms with E-state index in [2.05, 4.69) is 13.8 Å². The van der Waals surface area contributed by atoms with Gasteiger partial charge in [-0.2, -0.15) is 0 Å². The first-order chi connectivity index (χ1) is 13.5. The van der Waals surface area contributed by atoms with Gasteiger partial charge in [-0.1, -0.05) is 44.9 Å². The first-order valence-electron chi connectivity index (χ1n) is 10.2. The molecular formula is C24H29FO3. The molecule has 2 aromatic carbocycles. The van der Waals surface area contributed by atoms with E-state index in [0.29, 0.717) is 36.2 Å². The quantitative estimate of drug-likeness (QED) is 0.525. The average molecular weight is 384 g/mol. The molecule has 4 heteroatoms. The summed E-state index contributed by atoms with van der Waals surface area (Å²) in [6, 6.07) is 11.9. The Morgan fingerprint density at radius 2 is 2.04 bits per heavy atom. The van der Waals surface area contributed by atoms with Crippen LogP contribution < -0.4 is 4.74 Å². The highest BCUT2D eigenvalue weighted by Gasteiger charge is 2.25. The maximum absolute atomic E-state index is 13.8. The molecule has 150 valence electrons. The first-order valence-corrected chi connectivity index (χ1v) is 10.2. The van der Waals surface area contributed by atoms with E-state index in [1.807, 2.05) is 24.3 Å². The van der Waals surface area contributed by atoms with Crippen molar-refractivity contribution in [2.75, 3.05) is 6.61 Å². The number of carbonyl (C=O) groups is 1. The normalized spacial score (nSPS) is 15.8. The third-order valence-corrected chi connectivity index (χ3v) is 5.43. The predicted octanol–water partition coefficient (Wildman–Crippen LogP) is 6.28. The van der Waals surface area contributed by atoms with Crippen LogP contribution in [0.2, 0.25) is 0 Å². The molecule has 2 atom stereocenters. The average Bonchev–Trinajstić information content (AvgIpc) is 3.49. The van der Waals surface area contributed by atoms with Gasteiger partial charge in [-0.25, -0.2) is 4.39 Å². The van der Waals surface area contributed by atoms with Crippen molar-refractivity contribution < 1.29 is 19.0 Å². The third-order valence-electron chi connectivity index (χ3n) is 5.43. The van der Waals surface area contributed by atoms with Gasteiger partial charge in [0.05, 0.1) is 12.5 Å². The summed E-state index contributed by atoms with van der Waals surface area (Å²) in [5.74, 6) is -0.100. The Morgan fingerprint density at radius 3 is 2.68 bits per heavy atom. The Morgan fingerprint density at radius 1 is 1.25 bits per heavy atom. The number of carboxylic acid groups (broad SMARTS) is 1. The summed E-state index contributed by atoms with van der Waals surface area (Å²) >= 11 is 0. The number of hydrogen-bond acceptors (Lipinski definition) is 2. The van der Waals surface area contributed by atoms with Gasteiger partial charge in [0.1, 0.15) is 11.6 Å². The summed E-state index contributed by atoms with van der Waals surface area (Å²) in [5.41, 5.74) is 2.21. The lowest BCUT2D eigenvalue weighted by molar-refractivity contribution is -0.139. The fourth-order valence-electron chi connectivity index (χ4n) is 3.66. The van der Waals surface area contributed by atoms with E-state index in [-0.39, 0.29) is 5.82 Å². The minimum absolute atomic E-state index is 0.317. The van der Waals surface area contributed by atoms with E-state index in [1.54, 1.807) is 6.07 Å². The molecule has 1 N–H and O–H groups in total. The second kappa shape index (κ2) is 9.22. The summed E-state index contributed by atoms with van der Waals surface area (Å²) in [5, 5.41) is 9.81. The molecule has 1 aliphatic rings. The minimum atomic E-state index is -0.820. The highest BCUT2D eigenvalue weighted by atomic mass is 19.1. The number of halogens is 1. The molecule has 0 amide bonds. The second-order valence-electron chi connectivity index (χ2n) is 8.04. The van der Waals surface area contributed by atoms with Gasteiger partial charge in [0.15, 0.2) is 0 Å². The summed E-state index contributed by atoms with van der Waals surface area (Å²) in [4.78, 5) is 12.0. The zero-order valence-corrected chi connectivity index (χ0v) is 16.7. The summed E-state index contributed by atoms with van der Waals surface area (Å²) in [7, 11) is 0. The first kappa shape index (κ1) is 20.4. The van der Waals surface area contributed by atoms with Gasteiger partial charge in [-0.05, 0) is 66.5 Å². The van der Waals surface area contributed by atoms with Crippen molar-refractivity contribution in [2.45, 2.75) is 51.9 Å². The molecule has 0 radical (unpaired) electrons. The fourth-order valence-corrected chi connectivity index (χ4v) is 3.66. The molecule has 1 saturated carbocycles. The molecule has 0 heterocycles. The van der Waals surface area contributed by atoms with Crippen LogP contribution in [0.15, 0.2) is 42.5 Å². The van der Waals surface area contributed by atoms with Crippen LogP contribution >= 0.6 is 0 Å². The van der Waals surface area contributed by atoms with Crippen LogP contribution in [0.5, 0.6) is 5.75 Å². The molecule has 0 spiro atoms. The lowest BCUT2D eigenvalue weighted by atomic mass is 9.86. The fraction of sp³-hybridized carbons (Fsp3) is 0.458. The molecule has 0 aliphatic heterocycles. The number of aliphatic carboxylic acids is 1. The van der Waals surface area contributed by atoms with Gasteiger partial charge < -0.3 is 9.84 Å². The van der Waals surface area contributed by atoms with E-state index in [4.69, 9.17) is 4.74 Å². The molecule has 0 aromatic heterocycles. The van der Waals surface area contributed by atoms with Crippen molar-refractivity contribution in [2.24, 2.45) is 11.8 Å². The lowest BCUT2D eigenvalue weighted by Gasteiger charge is -2.20. The number of ether oxygens (including phenoxy) is 1. The summed E-state index contributed by atoms with van der Waals surface area (Å²) in [6.45, 7) is 4.86. The Labute approximate surface area is 166 Å². The number of benzene rings is 2. The van der Waals surface area contributed by atoms with Gasteiger partial charge in [0, 0.05) is 5.56 Å². The van der Waals surface area contributed by atoms with Crippen LogP contribution in [0.1, 0.15) is 57.4 Å². The Kier molecular flexibility index (Phi) is 6.71. The van der Waals surface area contributed by atoms with E-state index in [0.717, 1.165) is 24.0 Å². The number of carboxylic acids is 1. The highest BCUT2D eigenvalue weighted by Crippen LogP contribution is 2.37. The third kappa shape index (κ3) is 5.34. The van der Waals surface area contributed by atoms with Crippen molar-refractivity contribution in [3.63, 3.8) is 0 Å². The molecule has 28 heavy (non-hydrogen) atoms. The van der Waals surface area contributed by atoms with Crippen molar-refractivity contribution in [3.05, 3.63) is 53.8 Å². The van der Waals surface area contributed by atoms with Gasteiger partial charge in [-0.15, -0.1) is 0 Å². The number of rotatable bonds is 10. The van der Waals surface area contributed by atoms with Gasteiger partial charge >= 0.3 is 5.97 Å². The molecule has 3 rings (SSSR count). The molecule has 0 saturated heterocycles. The van der Waals surface area contributed by atoms with Crippen LogP contribution in [0.25, 0.3) is 11.1 Å². The van der Waals surface area contributed by atoms with Crippen LogP contribution in [0.4, 0.5) is 4.39 Å². The van der Waals surface area contributed by atoms with E-state index < -0.39 is 11.9 Å². The zero-order valence-electron chi connectivity index (χ0n) is 16.7. The van der Waals surface area contributed by atoms with Crippen LogP contribution in [-0.4, -0.2) is 17.7 Å². The predicted molar refractivity (Wildman–Crippen MR) is 109 cm³/mol. The zero-order chi connectivity index (χ0) is 20.1. The summed E-state index contributed by atoms with van der Waals surface area (Å²) < 4.78 is 19.8. The SMILES string of the molecule is CCCC(C)CC(C(=O)O)c1ccc(OCC2CC2)c(-c2cccc(F)c2)c1. The van der Waals surface area contributed by atoms with Crippen LogP contribution in [0, 0.1) is 17.7 Å².